The quantitative estimate of drug-likeness (QED) is 0.265. The first-order valence-corrected chi connectivity index (χ1v) is 10.6. The van der Waals surface area contributed by atoms with Crippen molar-refractivity contribution in [1.29, 1.82) is 0 Å². The lowest BCUT2D eigenvalue weighted by Crippen LogP contribution is -2.24. The molecule has 0 fully saturated rings. The van der Waals surface area contributed by atoms with E-state index >= 15 is 0 Å². The topological polar surface area (TPSA) is 54.0 Å². The number of methoxy groups -OCH3 is 2. The van der Waals surface area contributed by atoms with Crippen molar-refractivity contribution in [2.75, 3.05) is 27.8 Å². The van der Waals surface area contributed by atoms with E-state index in [2.05, 4.69) is 32.1 Å². The van der Waals surface area contributed by atoms with Gasteiger partial charge in [-0.3, -0.25) is 4.79 Å². The van der Waals surface area contributed by atoms with E-state index in [9.17, 15) is 4.79 Å². The SMILES string of the molecule is CCCCCc1cc(OCOC)c([C@@H]2CC(C)=CC[C@H]2C(C)=O)c(OCOC)c1. The number of ketones is 1. The molecule has 5 heteroatoms. The van der Waals surface area contributed by atoms with Gasteiger partial charge in [-0.25, -0.2) is 0 Å². The fraction of sp³-hybridized carbons (Fsp3) is 0.625. The van der Waals surface area contributed by atoms with Gasteiger partial charge in [0.25, 0.3) is 0 Å². The second-order valence-corrected chi connectivity index (χ2v) is 7.88. The average Bonchev–Trinajstić information content (AvgIpc) is 2.70. The van der Waals surface area contributed by atoms with Crippen LogP contribution in [0.4, 0.5) is 0 Å². The van der Waals surface area contributed by atoms with Crippen LogP contribution in [0.25, 0.3) is 0 Å². The summed E-state index contributed by atoms with van der Waals surface area (Å²) in [5, 5.41) is 0. The van der Waals surface area contributed by atoms with Crippen LogP contribution in [-0.2, 0) is 20.7 Å². The molecule has 0 amide bonds. The van der Waals surface area contributed by atoms with Gasteiger partial charge in [0.2, 0.25) is 0 Å². The van der Waals surface area contributed by atoms with E-state index in [1.807, 2.05) is 0 Å². The summed E-state index contributed by atoms with van der Waals surface area (Å²) in [6.07, 6.45) is 8.16. The molecule has 0 radical (unpaired) electrons. The normalized spacial score (nSPS) is 19.0. The second-order valence-electron chi connectivity index (χ2n) is 7.88. The maximum absolute atomic E-state index is 12.4. The summed E-state index contributed by atoms with van der Waals surface area (Å²) in [4.78, 5) is 12.4. The molecule has 0 aromatic heterocycles. The fourth-order valence-corrected chi connectivity index (χ4v) is 4.05. The molecule has 1 aromatic rings. The van der Waals surface area contributed by atoms with Crippen LogP contribution in [0.1, 0.15) is 69.9 Å². The molecule has 0 unspecified atom stereocenters. The van der Waals surface area contributed by atoms with Gasteiger partial charge in [0.1, 0.15) is 17.3 Å². The minimum Gasteiger partial charge on any atom is -0.467 e. The predicted octanol–water partition coefficient (Wildman–Crippen LogP) is 5.41. The Hall–Kier alpha value is -1.85. The summed E-state index contributed by atoms with van der Waals surface area (Å²) in [5.41, 5.74) is 3.41. The Bertz CT molecular complexity index is 666. The number of benzene rings is 1. The summed E-state index contributed by atoms with van der Waals surface area (Å²) in [6.45, 7) is 6.30. The van der Waals surface area contributed by atoms with Gasteiger partial charge in [-0.05, 0) is 57.2 Å². The molecule has 0 aliphatic heterocycles. The third kappa shape index (κ3) is 6.58. The van der Waals surface area contributed by atoms with Gasteiger partial charge in [0.05, 0.1) is 0 Å². The predicted molar refractivity (Wildman–Crippen MR) is 115 cm³/mol. The maximum atomic E-state index is 12.4. The van der Waals surface area contributed by atoms with E-state index in [4.69, 9.17) is 18.9 Å². The van der Waals surface area contributed by atoms with Gasteiger partial charge in [-0.2, -0.15) is 0 Å². The van der Waals surface area contributed by atoms with Crippen molar-refractivity contribution in [1.82, 2.24) is 0 Å². The number of hydrogen-bond donors (Lipinski definition) is 0. The molecule has 1 aliphatic rings. The lowest BCUT2D eigenvalue weighted by atomic mass is 9.73. The third-order valence-electron chi connectivity index (χ3n) is 5.54. The number of unbranched alkanes of at least 4 members (excludes halogenated alkanes) is 2. The first-order chi connectivity index (χ1) is 14.0. The largest absolute Gasteiger partial charge is 0.467 e. The van der Waals surface area contributed by atoms with E-state index in [1.165, 1.54) is 24.0 Å². The number of hydrogen-bond acceptors (Lipinski definition) is 5. The number of aryl methyl sites for hydroxylation is 1. The zero-order chi connectivity index (χ0) is 21.2. The summed E-state index contributed by atoms with van der Waals surface area (Å²) in [6, 6.07) is 4.18. The van der Waals surface area contributed by atoms with Gasteiger partial charge in [-0.15, -0.1) is 0 Å². The van der Waals surface area contributed by atoms with Crippen LogP contribution < -0.4 is 9.47 Å². The van der Waals surface area contributed by atoms with Crippen molar-refractivity contribution in [2.45, 2.75) is 65.2 Å². The van der Waals surface area contributed by atoms with Crippen molar-refractivity contribution in [3.8, 4) is 11.5 Å². The van der Waals surface area contributed by atoms with Crippen molar-refractivity contribution >= 4 is 5.78 Å². The van der Waals surface area contributed by atoms with Crippen LogP contribution in [0, 0.1) is 5.92 Å². The molecule has 29 heavy (non-hydrogen) atoms. The highest BCUT2D eigenvalue weighted by Gasteiger charge is 2.34. The molecule has 2 atom stereocenters. The summed E-state index contributed by atoms with van der Waals surface area (Å²) in [7, 11) is 3.22. The van der Waals surface area contributed by atoms with Gasteiger partial charge < -0.3 is 18.9 Å². The lowest BCUT2D eigenvalue weighted by molar-refractivity contribution is -0.121. The first-order valence-electron chi connectivity index (χ1n) is 10.6. The number of ether oxygens (including phenoxy) is 4. The van der Waals surface area contributed by atoms with E-state index < -0.39 is 0 Å². The van der Waals surface area contributed by atoms with Gasteiger partial charge in [0.15, 0.2) is 13.6 Å². The molecule has 0 N–H and O–H groups in total. The molecule has 0 saturated heterocycles. The maximum Gasteiger partial charge on any atom is 0.188 e. The highest BCUT2D eigenvalue weighted by atomic mass is 16.7. The van der Waals surface area contributed by atoms with Crippen molar-refractivity contribution in [3.63, 3.8) is 0 Å². The molecule has 0 heterocycles. The third-order valence-corrected chi connectivity index (χ3v) is 5.54. The van der Waals surface area contributed by atoms with Crippen LogP contribution in [-0.4, -0.2) is 33.6 Å². The number of allylic oxidation sites excluding steroid dienone is 2. The van der Waals surface area contributed by atoms with Crippen LogP contribution >= 0.6 is 0 Å². The molecule has 162 valence electrons. The van der Waals surface area contributed by atoms with Crippen molar-refractivity contribution < 1.29 is 23.7 Å². The number of Topliss-reactive ketones (excluding diaryl/α,β-unsaturated/α-hetero) is 1. The Morgan fingerprint density at radius 1 is 1.07 bits per heavy atom. The number of rotatable bonds is 12. The standard InChI is InChI=1S/C24H36O5/c1-6-7-8-9-19-13-22(28-15-26-4)24(23(14-19)29-16-27-5)21-12-17(2)10-11-20(21)18(3)25/h10,13-14,20-21H,6-9,11-12,15-16H2,1-5H3/t20-,21+/m0/s1. The molecule has 1 aliphatic carbocycles. The minimum atomic E-state index is -0.0839. The Labute approximate surface area is 175 Å². The highest BCUT2D eigenvalue weighted by Crippen LogP contribution is 2.46. The Kier molecular flexibility index (Phi) is 9.68. The Morgan fingerprint density at radius 2 is 1.69 bits per heavy atom. The Balaban J connectivity index is 2.52. The van der Waals surface area contributed by atoms with E-state index in [0.717, 1.165) is 42.7 Å². The summed E-state index contributed by atoms with van der Waals surface area (Å²) < 4.78 is 22.3. The molecule has 0 bridgehead atoms. The molecule has 0 spiro atoms. The van der Waals surface area contributed by atoms with Gasteiger partial charge in [-0.1, -0.05) is 31.4 Å². The van der Waals surface area contributed by atoms with E-state index in [0.29, 0.717) is 0 Å². The molecule has 2 rings (SSSR count). The Morgan fingerprint density at radius 3 is 2.21 bits per heavy atom. The van der Waals surface area contributed by atoms with Crippen LogP contribution in [0.3, 0.4) is 0 Å². The van der Waals surface area contributed by atoms with Gasteiger partial charge >= 0.3 is 0 Å². The minimum absolute atomic E-state index is 0.0147. The van der Waals surface area contributed by atoms with Gasteiger partial charge in [0, 0.05) is 31.6 Å². The molecule has 1 aromatic carbocycles. The second kappa shape index (κ2) is 12.0. The number of carbonyl (C=O) groups is 1. The molecular formula is C24H36O5. The highest BCUT2D eigenvalue weighted by molar-refractivity contribution is 5.80. The molecule has 5 nitrogen and oxygen atoms in total. The first kappa shape index (κ1) is 23.4. The van der Waals surface area contributed by atoms with Crippen molar-refractivity contribution in [2.24, 2.45) is 5.92 Å². The lowest BCUT2D eigenvalue weighted by Gasteiger charge is -2.32. The zero-order valence-corrected chi connectivity index (χ0v) is 18.6. The molecule has 0 saturated carbocycles. The van der Waals surface area contributed by atoms with E-state index in [-0.39, 0.29) is 31.2 Å². The van der Waals surface area contributed by atoms with Crippen LogP contribution in [0.2, 0.25) is 0 Å². The van der Waals surface area contributed by atoms with Crippen LogP contribution in [0.15, 0.2) is 23.8 Å². The van der Waals surface area contributed by atoms with Crippen LogP contribution in [0.5, 0.6) is 11.5 Å². The summed E-state index contributed by atoms with van der Waals surface area (Å²) >= 11 is 0. The monoisotopic (exact) mass is 404 g/mol. The smallest absolute Gasteiger partial charge is 0.188 e. The molecular weight excluding hydrogens is 368 g/mol. The average molecular weight is 405 g/mol. The zero-order valence-electron chi connectivity index (χ0n) is 18.6. The number of carbonyl (C=O) groups excluding carboxylic acids is 1. The van der Waals surface area contributed by atoms with E-state index in [1.54, 1.807) is 21.1 Å². The van der Waals surface area contributed by atoms with Crippen molar-refractivity contribution in [3.05, 3.63) is 34.9 Å². The fourth-order valence-electron chi connectivity index (χ4n) is 4.05. The summed E-state index contributed by atoms with van der Waals surface area (Å²) in [5.74, 6) is 1.62.